The Labute approximate surface area is 159 Å². The maximum absolute atomic E-state index is 9.20. The van der Waals surface area contributed by atoms with E-state index < -0.39 is 0 Å². The van der Waals surface area contributed by atoms with Crippen LogP contribution in [0.1, 0.15) is 59.8 Å². The molecule has 3 unspecified atom stereocenters. The third kappa shape index (κ3) is 2.85. The number of rotatable bonds is 1. The molecule has 23 heavy (non-hydrogen) atoms. The fraction of sp³-hybridized carbons (Fsp3) is 0.714. The van der Waals surface area contributed by atoms with Gasteiger partial charge >= 0.3 is 21.7 Å². The van der Waals surface area contributed by atoms with E-state index in [4.69, 9.17) is 0 Å². The van der Waals surface area contributed by atoms with Crippen molar-refractivity contribution in [1.82, 2.24) is 0 Å². The Balaban J connectivity index is 0.000000882. The van der Waals surface area contributed by atoms with E-state index in [9.17, 15) is 5.73 Å². The fourth-order valence-electron chi connectivity index (χ4n) is 6.59. The van der Waals surface area contributed by atoms with Gasteiger partial charge in [0.05, 0.1) is 0 Å². The van der Waals surface area contributed by atoms with Crippen LogP contribution in [0.3, 0.4) is 0 Å². The summed E-state index contributed by atoms with van der Waals surface area (Å²) in [5, 5.41) is 0. The molecule has 0 amide bonds. The van der Waals surface area contributed by atoms with Crippen LogP contribution < -0.4 is 0 Å². The third-order valence-corrected chi connectivity index (χ3v) is 7.43. The summed E-state index contributed by atoms with van der Waals surface area (Å²) in [4.78, 5) is 0. The zero-order valence-electron chi connectivity index (χ0n) is 15.9. The van der Waals surface area contributed by atoms with Crippen molar-refractivity contribution >= 4 is 0 Å². The summed E-state index contributed by atoms with van der Waals surface area (Å²) in [5.41, 5.74) is 15.3. The Hall–Kier alpha value is 0.154. The Morgan fingerprint density at radius 2 is 1.26 bits per heavy atom. The molecule has 1 nitrogen and oxygen atoms in total. The molecule has 0 aliphatic heterocycles. The zero-order valence-corrected chi connectivity index (χ0v) is 17.5. The number of nitrogens with one attached hydrogen (secondary N) is 1. The predicted molar refractivity (Wildman–Crippen MR) is 97.2 cm³/mol. The van der Waals surface area contributed by atoms with E-state index in [0.717, 1.165) is 17.8 Å². The molecule has 5 aliphatic carbocycles. The molecule has 4 saturated carbocycles. The number of hydrogen-bond donors (Lipinski definition) is 0. The molecule has 0 heterocycles. The van der Waals surface area contributed by atoms with Crippen molar-refractivity contribution in [2.75, 3.05) is 0 Å². The first-order chi connectivity index (χ1) is 9.40. The smallest absolute Gasteiger partial charge is 0.672 e. The van der Waals surface area contributed by atoms with Crippen molar-refractivity contribution in [3.8, 4) is 0 Å². The normalized spacial score (nSPS) is 41.6. The van der Waals surface area contributed by atoms with Crippen molar-refractivity contribution in [1.29, 1.82) is 0 Å². The van der Waals surface area contributed by atoms with Gasteiger partial charge in [-0.3, -0.25) is 0 Å². The summed E-state index contributed by atoms with van der Waals surface area (Å²) < 4.78 is 0. The third-order valence-electron chi connectivity index (χ3n) is 7.43. The van der Waals surface area contributed by atoms with Crippen molar-refractivity contribution in [2.24, 2.45) is 29.6 Å². The second-order valence-corrected chi connectivity index (χ2v) is 8.38. The van der Waals surface area contributed by atoms with Gasteiger partial charge in [0.25, 0.3) is 0 Å². The SMILES string of the molecule is CC1=C(C)C(C2C3CC4CC(C3)CC2([NH-])C4)C(C)=C1C.[CH3-].[CH3-].[Ti+3]. The maximum Gasteiger partial charge on any atom is 3.00 e. The van der Waals surface area contributed by atoms with Gasteiger partial charge in [-0.05, 0) is 81.8 Å². The van der Waals surface area contributed by atoms with Crippen molar-refractivity contribution in [3.05, 3.63) is 42.9 Å². The summed E-state index contributed by atoms with van der Waals surface area (Å²) >= 11 is 0. The summed E-state index contributed by atoms with van der Waals surface area (Å²) in [5.74, 6) is 3.82. The van der Waals surface area contributed by atoms with E-state index in [2.05, 4.69) is 27.7 Å². The van der Waals surface area contributed by atoms with E-state index >= 15 is 0 Å². The maximum atomic E-state index is 9.20. The van der Waals surface area contributed by atoms with Crippen molar-refractivity contribution < 1.29 is 21.7 Å². The van der Waals surface area contributed by atoms with Crippen molar-refractivity contribution in [2.45, 2.75) is 65.3 Å². The zero-order chi connectivity index (χ0) is 14.2. The van der Waals surface area contributed by atoms with Crippen LogP contribution >= 0.6 is 0 Å². The second kappa shape index (κ2) is 6.81. The molecule has 3 atom stereocenters. The molecule has 1 radical (unpaired) electrons. The monoisotopic (exact) mass is 348 g/mol. The van der Waals surface area contributed by atoms with Crippen LogP contribution in [0.25, 0.3) is 5.73 Å². The minimum absolute atomic E-state index is 0. The van der Waals surface area contributed by atoms with Crippen LogP contribution in [-0.2, 0) is 21.7 Å². The largest absolute Gasteiger partial charge is 3.00 e. The fourth-order valence-corrected chi connectivity index (χ4v) is 6.59. The Bertz CT molecular complexity index is 492. The molecule has 4 fully saturated rings. The molecule has 5 aliphatic rings. The molecule has 2 heteroatoms. The van der Waals surface area contributed by atoms with Crippen molar-refractivity contribution in [3.63, 3.8) is 0 Å². The quantitative estimate of drug-likeness (QED) is 0.385. The molecule has 4 bridgehead atoms. The number of hydrogen-bond acceptors (Lipinski definition) is 0. The minimum Gasteiger partial charge on any atom is -0.672 e. The first kappa shape index (κ1) is 21.2. The van der Waals surface area contributed by atoms with Gasteiger partial charge in [-0.1, -0.05) is 24.0 Å². The van der Waals surface area contributed by atoms with E-state index in [1.54, 1.807) is 11.1 Å². The van der Waals surface area contributed by atoms with Gasteiger partial charge in [0.2, 0.25) is 0 Å². The molecule has 0 saturated heterocycles. The first-order valence-electron chi connectivity index (χ1n) is 8.51. The summed E-state index contributed by atoms with van der Waals surface area (Å²) in [7, 11) is 0. The minimum atomic E-state index is -0.104. The van der Waals surface area contributed by atoms with Gasteiger partial charge < -0.3 is 20.6 Å². The van der Waals surface area contributed by atoms with Gasteiger partial charge in [-0.25, -0.2) is 0 Å². The first-order valence-corrected chi connectivity index (χ1v) is 8.51. The average molecular weight is 348 g/mol. The van der Waals surface area contributed by atoms with E-state index in [1.807, 2.05) is 0 Å². The molecular formula is C21H34NTi. The molecule has 1 N–H and O–H groups in total. The molecule has 0 aromatic rings. The molecular weight excluding hydrogens is 314 g/mol. The second-order valence-electron chi connectivity index (χ2n) is 8.38. The van der Waals surface area contributed by atoms with Crippen LogP contribution in [0.5, 0.6) is 0 Å². The van der Waals surface area contributed by atoms with Crippen LogP contribution in [0.15, 0.2) is 22.3 Å². The van der Waals surface area contributed by atoms with Gasteiger partial charge in [0, 0.05) is 5.92 Å². The Morgan fingerprint density at radius 1 is 0.826 bits per heavy atom. The van der Waals surface area contributed by atoms with Crippen LogP contribution in [-0.4, -0.2) is 5.54 Å². The Kier molecular flexibility index (Phi) is 6.28. The topological polar surface area (TPSA) is 23.8 Å². The molecule has 0 aromatic heterocycles. The van der Waals surface area contributed by atoms with Crippen LogP contribution in [0.4, 0.5) is 0 Å². The summed E-state index contributed by atoms with van der Waals surface area (Å²) in [6, 6.07) is 0. The van der Waals surface area contributed by atoms with Gasteiger partial charge in [-0.15, -0.1) is 5.54 Å². The van der Waals surface area contributed by atoms with Gasteiger partial charge in [0.1, 0.15) is 0 Å². The van der Waals surface area contributed by atoms with Gasteiger partial charge in [-0.2, -0.15) is 0 Å². The van der Waals surface area contributed by atoms with E-state index in [0.29, 0.717) is 11.8 Å². The van der Waals surface area contributed by atoms with Gasteiger partial charge in [0.15, 0.2) is 0 Å². The molecule has 127 valence electrons. The standard InChI is InChI=1S/C19H28N.2CH3.Ti/c1-10-11(2)13(4)17(12(10)3)18-16-6-14-5-15(7-16)9-19(18,20)8-14;;;/h14-18,20H,5-9H2,1-4H3;2*1H3;/q3*-1;+3. The summed E-state index contributed by atoms with van der Waals surface area (Å²) in [6.07, 6.45) is 6.68. The summed E-state index contributed by atoms with van der Waals surface area (Å²) in [6.45, 7) is 9.27. The van der Waals surface area contributed by atoms with Crippen LogP contribution in [0, 0.1) is 44.4 Å². The molecule has 0 aromatic carbocycles. The molecule has 0 spiro atoms. The number of allylic oxidation sites excluding steroid dienone is 4. The molecule has 5 rings (SSSR count). The predicted octanol–water partition coefficient (Wildman–Crippen LogP) is 6.43. The Morgan fingerprint density at radius 3 is 1.65 bits per heavy atom. The van der Waals surface area contributed by atoms with E-state index in [-0.39, 0.29) is 42.1 Å². The van der Waals surface area contributed by atoms with Crippen LogP contribution in [0.2, 0.25) is 0 Å². The average Bonchev–Trinajstić information content (AvgIpc) is 2.54. The van der Waals surface area contributed by atoms with E-state index in [1.165, 1.54) is 43.3 Å².